The van der Waals surface area contributed by atoms with Gasteiger partial charge in [0.2, 0.25) is 0 Å². The van der Waals surface area contributed by atoms with Crippen molar-refractivity contribution in [3.05, 3.63) is 46.3 Å². The van der Waals surface area contributed by atoms with Crippen LogP contribution >= 0.6 is 22.9 Å². The average Bonchev–Trinajstić information content (AvgIpc) is 2.79. The molecule has 0 spiro atoms. The second kappa shape index (κ2) is 5.50. The molecule has 4 nitrogen and oxygen atoms in total. The van der Waals surface area contributed by atoms with Gasteiger partial charge in [0.1, 0.15) is 4.21 Å². The number of nitrogens with zero attached hydrogens (tertiary/aromatic N) is 1. The van der Waals surface area contributed by atoms with E-state index in [1.165, 1.54) is 17.4 Å². The molecule has 0 atom stereocenters. The predicted molar refractivity (Wildman–Crippen MR) is 78.8 cm³/mol. The van der Waals surface area contributed by atoms with Crippen molar-refractivity contribution in [1.82, 2.24) is 4.31 Å². The Morgan fingerprint density at radius 3 is 2.53 bits per heavy atom. The molecular formula is C12H13ClN2O2S2. The summed E-state index contributed by atoms with van der Waals surface area (Å²) in [5.74, 6) is 0. The smallest absolute Gasteiger partial charge is 0.252 e. The van der Waals surface area contributed by atoms with E-state index < -0.39 is 10.0 Å². The fourth-order valence-corrected chi connectivity index (χ4v) is 4.44. The number of nitrogens with two attached hydrogens (primary N) is 1. The van der Waals surface area contributed by atoms with Gasteiger partial charge in [-0.2, -0.15) is 4.31 Å². The van der Waals surface area contributed by atoms with Crippen LogP contribution in [0.1, 0.15) is 5.56 Å². The molecule has 0 unspecified atom stereocenters. The van der Waals surface area contributed by atoms with E-state index in [9.17, 15) is 8.42 Å². The summed E-state index contributed by atoms with van der Waals surface area (Å²) in [6.07, 6.45) is 0. The minimum absolute atomic E-state index is 0.227. The van der Waals surface area contributed by atoms with E-state index in [0.29, 0.717) is 10.0 Å². The summed E-state index contributed by atoms with van der Waals surface area (Å²) in [6, 6.07) is 10.3. The average molecular weight is 317 g/mol. The van der Waals surface area contributed by atoms with E-state index in [-0.39, 0.29) is 10.8 Å². The molecule has 2 aromatic rings. The van der Waals surface area contributed by atoms with Crippen LogP contribution in [0.25, 0.3) is 0 Å². The lowest BCUT2D eigenvalue weighted by molar-refractivity contribution is 0.469. The van der Waals surface area contributed by atoms with Gasteiger partial charge in [-0.3, -0.25) is 0 Å². The van der Waals surface area contributed by atoms with E-state index in [0.717, 1.165) is 16.9 Å². The molecule has 1 aromatic carbocycles. The molecule has 0 bridgehead atoms. The molecule has 0 saturated heterocycles. The van der Waals surface area contributed by atoms with Gasteiger partial charge >= 0.3 is 0 Å². The summed E-state index contributed by atoms with van der Waals surface area (Å²) >= 11 is 6.81. The lowest BCUT2D eigenvalue weighted by Gasteiger charge is -2.17. The second-order valence-corrected chi connectivity index (χ2v) is 8.01. The van der Waals surface area contributed by atoms with Gasteiger partial charge in [0, 0.05) is 19.3 Å². The minimum Gasteiger partial charge on any atom is -0.398 e. The Kier molecular flexibility index (Phi) is 4.15. The predicted octanol–water partition coefficient (Wildman–Crippen LogP) is 2.80. The lowest BCUT2D eigenvalue weighted by Crippen LogP contribution is -2.26. The summed E-state index contributed by atoms with van der Waals surface area (Å²) in [5.41, 5.74) is 7.17. The van der Waals surface area contributed by atoms with Crippen molar-refractivity contribution in [2.75, 3.05) is 12.8 Å². The number of anilines is 1. The number of hydrogen-bond donors (Lipinski definition) is 1. The highest BCUT2D eigenvalue weighted by atomic mass is 35.5. The summed E-state index contributed by atoms with van der Waals surface area (Å²) in [6.45, 7) is 0.227. The molecule has 1 aromatic heterocycles. The fourth-order valence-electron chi connectivity index (χ4n) is 1.59. The van der Waals surface area contributed by atoms with Crippen molar-refractivity contribution < 1.29 is 8.42 Å². The number of nitrogen functional groups attached to an aromatic ring is 1. The van der Waals surface area contributed by atoms with Gasteiger partial charge in [0.15, 0.2) is 0 Å². The molecule has 19 heavy (non-hydrogen) atoms. The maximum Gasteiger partial charge on any atom is 0.252 e. The number of benzene rings is 1. The van der Waals surface area contributed by atoms with Gasteiger partial charge in [-0.05, 0) is 23.8 Å². The van der Waals surface area contributed by atoms with Crippen LogP contribution in [-0.2, 0) is 16.6 Å². The van der Waals surface area contributed by atoms with E-state index >= 15 is 0 Å². The molecule has 0 aliphatic carbocycles. The van der Waals surface area contributed by atoms with Crippen LogP contribution in [-0.4, -0.2) is 19.8 Å². The highest BCUT2D eigenvalue weighted by Crippen LogP contribution is 2.28. The number of para-hydroxylation sites is 1. The van der Waals surface area contributed by atoms with Crippen molar-refractivity contribution in [2.45, 2.75) is 10.8 Å². The van der Waals surface area contributed by atoms with Crippen LogP contribution in [0, 0.1) is 0 Å². The number of sulfonamides is 1. The maximum absolute atomic E-state index is 12.3. The normalized spacial score (nSPS) is 11.9. The Morgan fingerprint density at radius 1 is 1.26 bits per heavy atom. The third-order valence-corrected chi connectivity index (χ3v) is 6.16. The highest BCUT2D eigenvalue weighted by Gasteiger charge is 2.23. The minimum atomic E-state index is -3.52. The van der Waals surface area contributed by atoms with Crippen molar-refractivity contribution in [2.24, 2.45) is 0 Å². The van der Waals surface area contributed by atoms with Gasteiger partial charge in [-0.1, -0.05) is 29.8 Å². The quantitative estimate of drug-likeness (QED) is 0.882. The number of rotatable bonds is 4. The van der Waals surface area contributed by atoms with Gasteiger partial charge in [0.25, 0.3) is 10.0 Å². The zero-order chi connectivity index (χ0) is 14.0. The first-order valence-corrected chi connectivity index (χ1v) is 8.10. The Hall–Kier alpha value is -1.08. The SMILES string of the molecule is CN(Cc1ccccc1N)S(=O)(=O)c1ccc(Cl)s1. The van der Waals surface area contributed by atoms with Crippen LogP contribution in [0.15, 0.2) is 40.6 Å². The van der Waals surface area contributed by atoms with Gasteiger partial charge in [-0.15, -0.1) is 11.3 Å². The van der Waals surface area contributed by atoms with Crippen LogP contribution in [0.3, 0.4) is 0 Å². The third-order valence-electron chi connectivity index (χ3n) is 2.66. The Morgan fingerprint density at radius 2 is 1.95 bits per heavy atom. The Bertz CT molecular complexity index is 683. The first kappa shape index (κ1) is 14.3. The van der Waals surface area contributed by atoms with Crippen LogP contribution in [0.2, 0.25) is 4.34 Å². The van der Waals surface area contributed by atoms with Gasteiger partial charge in [0.05, 0.1) is 4.34 Å². The Labute approximate surface area is 121 Å². The summed E-state index contributed by atoms with van der Waals surface area (Å²) in [4.78, 5) is 0. The Balaban J connectivity index is 2.25. The molecule has 0 aliphatic heterocycles. The van der Waals surface area contributed by atoms with Crippen molar-refractivity contribution in [3.8, 4) is 0 Å². The topological polar surface area (TPSA) is 63.4 Å². The lowest BCUT2D eigenvalue weighted by atomic mass is 10.2. The number of hydrogen-bond acceptors (Lipinski definition) is 4. The zero-order valence-electron chi connectivity index (χ0n) is 10.2. The summed E-state index contributed by atoms with van der Waals surface area (Å²) in [5, 5.41) is 0. The van der Waals surface area contributed by atoms with E-state index in [1.54, 1.807) is 12.1 Å². The fraction of sp³-hybridized carbons (Fsp3) is 0.167. The van der Waals surface area contributed by atoms with E-state index in [2.05, 4.69) is 0 Å². The standard InChI is InChI=1S/C12H13ClN2O2S2/c1-15(8-9-4-2-3-5-10(9)14)19(16,17)12-7-6-11(13)18-12/h2-7H,8,14H2,1H3. The van der Waals surface area contributed by atoms with Crippen molar-refractivity contribution in [1.29, 1.82) is 0 Å². The molecule has 102 valence electrons. The summed E-state index contributed by atoms with van der Waals surface area (Å²) in [7, 11) is -2.00. The molecule has 2 N–H and O–H groups in total. The maximum atomic E-state index is 12.3. The third kappa shape index (κ3) is 3.09. The van der Waals surface area contributed by atoms with E-state index in [1.807, 2.05) is 18.2 Å². The van der Waals surface area contributed by atoms with Crippen LogP contribution in [0.5, 0.6) is 0 Å². The second-order valence-electron chi connectivity index (χ2n) is 4.02. The van der Waals surface area contributed by atoms with Crippen molar-refractivity contribution >= 4 is 38.6 Å². The molecule has 1 heterocycles. The molecule has 0 amide bonds. The molecule has 7 heteroatoms. The molecule has 0 radical (unpaired) electrons. The molecule has 0 aliphatic rings. The van der Waals surface area contributed by atoms with Crippen molar-refractivity contribution in [3.63, 3.8) is 0 Å². The molecular weight excluding hydrogens is 304 g/mol. The first-order valence-electron chi connectivity index (χ1n) is 5.46. The first-order chi connectivity index (χ1) is 8.91. The largest absolute Gasteiger partial charge is 0.398 e. The zero-order valence-corrected chi connectivity index (χ0v) is 12.6. The van der Waals surface area contributed by atoms with E-state index in [4.69, 9.17) is 17.3 Å². The molecule has 0 saturated carbocycles. The van der Waals surface area contributed by atoms with Gasteiger partial charge in [-0.25, -0.2) is 8.42 Å². The highest BCUT2D eigenvalue weighted by molar-refractivity contribution is 7.91. The monoisotopic (exact) mass is 316 g/mol. The molecule has 2 rings (SSSR count). The van der Waals surface area contributed by atoms with Crippen LogP contribution in [0.4, 0.5) is 5.69 Å². The number of halogens is 1. The van der Waals surface area contributed by atoms with Gasteiger partial charge < -0.3 is 5.73 Å². The summed E-state index contributed by atoms with van der Waals surface area (Å²) < 4.78 is 26.5. The van der Waals surface area contributed by atoms with Crippen LogP contribution < -0.4 is 5.73 Å². The molecule has 0 fully saturated rings. The number of thiophene rings is 1.